The standard InChI is InChI=1S/C13H21N5O3/c1-21-6-4-15-13(20)18-5-2-3-9(8-18)10-7-11(12(14)19)17-16-10/h7,9H,2-6,8H2,1H3,(H2,14,19)(H,15,20)(H,16,17)/t9-/m1/s1. The molecule has 1 atom stereocenters. The molecule has 4 N–H and O–H groups in total. The number of nitrogens with one attached hydrogen (secondary N) is 2. The summed E-state index contributed by atoms with van der Waals surface area (Å²) in [6.45, 7) is 2.31. The molecule has 2 rings (SSSR count). The van der Waals surface area contributed by atoms with E-state index in [1.165, 1.54) is 0 Å². The topological polar surface area (TPSA) is 113 Å². The lowest BCUT2D eigenvalue weighted by molar-refractivity contribution is 0.0995. The third-order valence-electron chi connectivity index (χ3n) is 3.58. The van der Waals surface area contributed by atoms with E-state index in [4.69, 9.17) is 10.5 Å². The minimum absolute atomic E-state index is 0.0913. The van der Waals surface area contributed by atoms with Crippen molar-refractivity contribution in [3.05, 3.63) is 17.5 Å². The first-order valence-electron chi connectivity index (χ1n) is 6.98. The first-order valence-corrected chi connectivity index (χ1v) is 6.98. The van der Waals surface area contributed by atoms with Gasteiger partial charge in [0.05, 0.1) is 6.61 Å². The van der Waals surface area contributed by atoms with Crippen LogP contribution < -0.4 is 11.1 Å². The van der Waals surface area contributed by atoms with Crippen molar-refractivity contribution < 1.29 is 14.3 Å². The molecule has 1 aromatic heterocycles. The summed E-state index contributed by atoms with van der Waals surface area (Å²) < 4.78 is 4.90. The maximum absolute atomic E-state index is 12.0. The van der Waals surface area contributed by atoms with Crippen LogP contribution in [0.4, 0.5) is 4.79 Å². The molecule has 0 aromatic carbocycles. The van der Waals surface area contributed by atoms with Crippen LogP contribution in [0.25, 0.3) is 0 Å². The molecule has 0 bridgehead atoms. The molecule has 1 aliphatic rings. The number of H-pyrrole nitrogens is 1. The summed E-state index contributed by atoms with van der Waals surface area (Å²) in [6, 6.07) is 1.57. The van der Waals surface area contributed by atoms with Gasteiger partial charge in [0.25, 0.3) is 5.91 Å². The van der Waals surface area contributed by atoms with Crippen molar-refractivity contribution >= 4 is 11.9 Å². The van der Waals surface area contributed by atoms with Crippen LogP contribution in [-0.2, 0) is 4.74 Å². The fourth-order valence-corrected chi connectivity index (χ4v) is 2.46. The number of aromatic nitrogens is 2. The lowest BCUT2D eigenvalue weighted by Crippen LogP contribution is -2.45. The Morgan fingerprint density at radius 2 is 2.43 bits per heavy atom. The number of urea groups is 1. The fraction of sp³-hybridized carbons (Fsp3) is 0.615. The number of methoxy groups -OCH3 is 1. The second kappa shape index (κ2) is 7.07. The van der Waals surface area contributed by atoms with E-state index in [1.807, 2.05) is 0 Å². The van der Waals surface area contributed by atoms with E-state index >= 15 is 0 Å². The van der Waals surface area contributed by atoms with Gasteiger partial charge in [-0.05, 0) is 18.9 Å². The van der Waals surface area contributed by atoms with Crippen molar-refractivity contribution in [2.45, 2.75) is 18.8 Å². The zero-order valence-corrected chi connectivity index (χ0v) is 12.1. The van der Waals surface area contributed by atoms with Crippen LogP contribution in [0.1, 0.15) is 34.9 Å². The van der Waals surface area contributed by atoms with Gasteiger partial charge in [-0.25, -0.2) is 4.79 Å². The summed E-state index contributed by atoms with van der Waals surface area (Å²) in [7, 11) is 1.59. The van der Waals surface area contributed by atoms with E-state index < -0.39 is 5.91 Å². The number of primary amides is 1. The summed E-state index contributed by atoms with van der Waals surface area (Å²) in [5.41, 5.74) is 6.27. The summed E-state index contributed by atoms with van der Waals surface area (Å²) in [4.78, 5) is 24.9. The highest BCUT2D eigenvalue weighted by molar-refractivity contribution is 5.90. The Bertz CT molecular complexity index is 502. The van der Waals surface area contributed by atoms with E-state index in [1.54, 1.807) is 18.1 Å². The van der Waals surface area contributed by atoms with Gasteiger partial charge in [-0.1, -0.05) is 0 Å². The molecular weight excluding hydrogens is 274 g/mol. The molecule has 116 valence electrons. The van der Waals surface area contributed by atoms with Gasteiger partial charge < -0.3 is 20.7 Å². The summed E-state index contributed by atoms with van der Waals surface area (Å²) in [5, 5.41) is 9.54. The lowest BCUT2D eigenvalue weighted by Gasteiger charge is -2.32. The van der Waals surface area contributed by atoms with Crippen LogP contribution in [0, 0.1) is 0 Å². The van der Waals surface area contributed by atoms with Gasteiger partial charge in [-0.15, -0.1) is 0 Å². The fourth-order valence-electron chi connectivity index (χ4n) is 2.46. The molecule has 8 nitrogen and oxygen atoms in total. The number of carbonyl (C=O) groups is 2. The predicted octanol–water partition coefficient (Wildman–Crippen LogP) is 0.0440. The van der Waals surface area contributed by atoms with E-state index in [2.05, 4.69) is 15.5 Å². The highest BCUT2D eigenvalue weighted by atomic mass is 16.5. The van der Waals surface area contributed by atoms with Crippen LogP contribution in [0.3, 0.4) is 0 Å². The molecule has 1 fully saturated rings. The molecular formula is C13H21N5O3. The summed E-state index contributed by atoms with van der Waals surface area (Å²) in [5.74, 6) is -0.407. The zero-order chi connectivity index (χ0) is 15.2. The number of amides is 3. The molecule has 0 spiro atoms. The largest absolute Gasteiger partial charge is 0.383 e. The highest BCUT2D eigenvalue weighted by Crippen LogP contribution is 2.25. The Labute approximate surface area is 123 Å². The van der Waals surface area contributed by atoms with Crippen molar-refractivity contribution in [1.82, 2.24) is 20.4 Å². The maximum atomic E-state index is 12.0. The third kappa shape index (κ3) is 3.94. The average Bonchev–Trinajstić information content (AvgIpc) is 2.97. The molecule has 3 amide bonds. The number of hydrogen-bond donors (Lipinski definition) is 3. The molecule has 8 heteroatoms. The number of likely N-dealkylation sites (tertiary alicyclic amines) is 1. The molecule has 0 saturated carbocycles. The minimum Gasteiger partial charge on any atom is -0.383 e. The lowest BCUT2D eigenvalue weighted by atomic mass is 9.95. The third-order valence-corrected chi connectivity index (χ3v) is 3.58. The number of rotatable bonds is 5. The second-order valence-electron chi connectivity index (χ2n) is 5.08. The first-order chi connectivity index (χ1) is 10.1. The second-order valence-corrected chi connectivity index (χ2v) is 5.08. The average molecular weight is 295 g/mol. The van der Waals surface area contributed by atoms with Gasteiger partial charge in [-0.3, -0.25) is 9.89 Å². The molecule has 1 saturated heterocycles. The molecule has 21 heavy (non-hydrogen) atoms. The number of piperidine rings is 1. The van der Waals surface area contributed by atoms with Crippen LogP contribution >= 0.6 is 0 Å². The number of ether oxygens (including phenoxy) is 1. The predicted molar refractivity (Wildman–Crippen MR) is 75.9 cm³/mol. The Balaban J connectivity index is 1.93. The van der Waals surface area contributed by atoms with Crippen molar-refractivity contribution in [3.8, 4) is 0 Å². The van der Waals surface area contributed by atoms with Gasteiger partial charge in [0.2, 0.25) is 0 Å². The smallest absolute Gasteiger partial charge is 0.317 e. The molecule has 1 aliphatic heterocycles. The molecule has 2 heterocycles. The Hall–Kier alpha value is -2.09. The van der Waals surface area contributed by atoms with E-state index in [9.17, 15) is 9.59 Å². The van der Waals surface area contributed by atoms with E-state index in [0.29, 0.717) is 19.7 Å². The Morgan fingerprint density at radius 1 is 1.62 bits per heavy atom. The normalized spacial score (nSPS) is 18.5. The van der Waals surface area contributed by atoms with Crippen molar-refractivity contribution in [2.75, 3.05) is 33.4 Å². The SMILES string of the molecule is COCCNC(=O)N1CCC[C@@H](c2cc(C(N)=O)n[nH]2)C1. The van der Waals surface area contributed by atoms with Crippen LogP contribution in [0.15, 0.2) is 6.07 Å². The molecule has 1 aromatic rings. The Morgan fingerprint density at radius 3 is 3.10 bits per heavy atom. The van der Waals surface area contributed by atoms with Gasteiger partial charge in [0.1, 0.15) is 5.69 Å². The van der Waals surface area contributed by atoms with Crippen molar-refractivity contribution in [1.29, 1.82) is 0 Å². The Kier molecular flexibility index (Phi) is 5.15. The zero-order valence-electron chi connectivity index (χ0n) is 12.1. The number of nitrogens with two attached hydrogens (primary N) is 1. The number of hydrogen-bond acceptors (Lipinski definition) is 4. The molecule has 0 unspecified atom stereocenters. The van der Waals surface area contributed by atoms with Crippen LogP contribution in [0.2, 0.25) is 0 Å². The summed E-state index contributed by atoms with van der Waals surface area (Å²) >= 11 is 0. The van der Waals surface area contributed by atoms with Crippen molar-refractivity contribution in [2.24, 2.45) is 5.73 Å². The van der Waals surface area contributed by atoms with E-state index in [0.717, 1.165) is 25.1 Å². The highest BCUT2D eigenvalue weighted by Gasteiger charge is 2.26. The van der Waals surface area contributed by atoms with Gasteiger partial charge in [-0.2, -0.15) is 5.10 Å². The van der Waals surface area contributed by atoms with Gasteiger partial charge in [0, 0.05) is 38.4 Å². The van der Waals surface area contributed by atoms with Crippen LogP contribution in [-0.4, -0.2) is 60.4 Å². The maximum Gasteiger partial charge on any atom is 0.317 e. The van der Waals surface area contributed by atoms with Gasteiger partial charge >= 0.3 is 6.03 Å². The monoisotopic (exact) mass is 295 g/mol. The van der Waals surface area contributed by atoms with Crippen LogP contribution in [0.5, 0.6) is 0 Å². The molecule has 0 radical (unpaired) electrons. The minimum atomic E-state index is -0.553. The van der Waals surface area contributed by atoms with Crippen molar-refractivity contribution in [3.63, 3.8) is 0 Å². The quantitative estimate of drug-likeness (QED) is 0.666. The summed E-state index contributed by atoms with van der Waals surface area (Å²) in [6.07, 6.45) is 1.86. The van der Waals surface area contributed by atoms with E-state index in [-0.39, 0.29) is 17.6 Å². The number of nitrogens with zero attached hydrogens (tertiary/aromatic N) is 2. The number of aromatic amines is 1. The molecule has 0 aliphatic carbocycles. The number of carbonyl (C=O) groups excluding carboxylic acids is 2. The first kappa shape index (κ1) is 15.3. The van der Waals surface area contributed by atoms with Gasteiger partial charge in [0.15, 0.2) is 0 Å².